The maximum absolute atomic E-state index is 12.6. The molecule has 26 heavy (non-hydrogen) atoms. The second-order valence-corrected chi connectivity index (χ2v) is 8.65. The molecule has 1 heterocycles. The third-order valence-electron chi connectivity index (χ3n) is 4.07. The van der Waals surface area contributed by atoms with Crippen molar-refractivity contribution >= 4 is 38.1 Å². The van der Waals surface area contributed by atoms with Gasteiger partial charge in [-0.25, -0.2) is 13.8 Å². The third kappa shape index (κ3) is 4.20. The molecule has 0 saturated carbocycles. The topological polar surface area (TPSA) is 78.8 Å². The van der Waals surface area contributed by atoms with E-state index in [-0.39, 0.29) is 10.5 Å². The first-order valence-electron chi connectivity index (χ1n) is 8.16. The normalized spacial score (nSPS) is 15.4. The number of hydrogen-bond donors (Lipinski definition) is 1. The predicted molar refractivity (Wildman–Crippen MR) is 104 cm³/mol. The molecule has 1 amide bonds. The largest absolute Gasteiger partial charge is 0.271 e. The monoisotopic (exact) mass is 435 g/mol. The number of hydrogen-bond acceptors (Lipinski definition) is 4. The number of rotatable bonds is 5. The molecule has 0 atom stereocenters. The lowest BCUT2D eigenvalue weighted by Gasteiger charge is -2.15. The van der Waals surface area contributed by atoms with Gasteiger partial charge in [-0.1, -0.05) is 40.2 Å². The fraction of sp³-hybridized carbons (Fsp3) is 0.222. The second-order valence-electron chi connectivity index (χ2n) is 5.86. The van der Waals surface area contributed by atoms with Gasteiger partial charge in [0, 0.05) is 28.7 Å². The highest BCUT2D eigenvalue weighted by Gasteiger charge is 2.27. The first kappa shape index (κ1) is 18.8. The number of halogens is 1. The first-order chi connectivity index (χ1) is 12.5. The molecule has 1 aliphatic rings. The molecule has 0 aromatic heterocycles. The highest BCUT2D eigenvalue weighted by atomic mass is 79.9. The maximum Gasteiger partial charge on any atom is 0.271 e. The number of benzene rings is 2. The van der Waals surface area contributed by atoms with Gasteiger partial charge in [0.15, 0.2) is 0 Å². The molecule has 1 N–H and O–H groups in total. The molecular weight excluding hydrogens is 418 g/mol. The van der Waals surface area contributed by atoms with Crippen molar-refractivity contribution in [2.45, 2.75) is 17.7 Å². The number of sulfonamides is 1. The van der Waals surface area contributed by atoms with Gasteiger partial charge in [-0.05, 0) is 37.1 Å². The Bertz CT molecular complexity index is 938. The van der Waals surface area contributed by atoms with Gasteiger partial charge in [-0.15, -0.1) is 0 Å². The van der Waals surface area contributed by atoms with Crippen molar-refractivity contribution < 1.29 is 13.2 Å². The smallest absolute Gasteiger partial charge is 0.267 e. The number of amides is 1. The minimum Gasteiger partial charge on any atom is -0.267 e. The van der Waals surface area contributed by atoms with Crippen LogP contribution < -0.4 is 5.43 Å². The fourth-order valence-electron chi connectivity index (χ4n) is 2.68. The van der Waals surface area contributed by atoms with Gasteiger partial charge >= 0.3 is 0 Å². The molecule has 0 bridgehead atoms. The molecular formula is C18H18BrN3O3S. The van der Waals surface area contributed by atoms with Crippen molar-refractivity contribution in [1.29, 1.82) is 0 Å². The molecule has 8 heteroatoms. The summed E-state index contributed by atoms with van der Waals surface area (Å²) in [7, 11) is -3.56. The lowest BCUT2D eigenvalue weighted by atomic mass is 10.2. The molecule has 0 spiro atoms. The third-order valence-corrected chi connectivity index (χ3v) is 6.69. The second kappa shape index (κ2) is 8.11. The van der Waals surface area contributed by atoms with Crippen LogP contribution in [0.15, 0.2) is 63.0 Å². The summed E-state index contributed by atoms with van der Waals surface area (Å²) in [6, 6.07) is 13.5. The van der Waals surface area contributed by atoms with Crippen molar-refractivity contribution in [3.63, 3.8) is 0 Å². The SMILES string of the molecule is O=C(NN=Cc1ccccc1Br)c1cccc(S(=O)(=O)N2CCCC2)c1. The summed E-state index contributed by atoms with van der Waals surface area (Å²) in [5.74, 6) is -0.466. The van der Waals surface area contributed by atoms with Crippen molar-refractivity contribution in [3.8, 4) is 0 Å². The summed E-state index contributed by atoms with van der Waals surface area (Å²) in [6.45, 7) is 1.05. The van der Waals surface area contributed by atoms with E-state index < -0.39 is 15.9 Å². The van der Waals surface area contributed by atoms with E-state index in [4.69, 9.17) is 0 Å². The number of carbonyl (C=O) groups excluding carboxylic acids is 1. The highest BCUT2D eigenvalue weighted by molar-refractivity contribution is 9.10. The van der Waals surface area contributed by atoms with E-state index in [1.165, 1.54) is 22.7 Å². The molecule has 3 rings (SSSR count). The molecule has 2 aromatic carbocycles. The first-order valence-corrected chi connectivity index (χ1v) is 10.4. The van der Waals surface area contributed by atoms with E-state index in [0.29, 0.717) is 13.1 Å². The van der Waals surface area contributed by atoms with Crippen LogP contribution >= 0.6 is 15.9 Å². The quantitative estimate of drug-likeness (QED) is 0.578. The molecule has 1 saturated heterocycles. The Morgan fingerprint density at radius 1 is 1.12 bits per heavy atom. The zero-order valence-electron chi connectivity index (χ0n) is 13.9. The van der Waals surface area contributed by atoms with Crippen LogP contribution in [-0.4, -0.2) is 37.9 Å². The summed E-state index contributed by atoms with van der Waals surface area (Å²) in [6.07, 6.45) is 3.25. The van der Waals surface area contributed by atoms with E-state index in [9.17, 15) is 13.2 Å². The van der Waals surface area contributed by atoms with Crippen LogP contribution in [0.25, 0.3) is 0 Å². The van der Waals surface area contributed by atoms with Crippen LogP contribution in [0, 0.1) is 0 Å². The van der Waals surface area contributed by atoms with E-state index in [1.54, 1.807) is 12.1 Å². The molecule has 6 nitrogen and oxygen atoms in total. The summed E-state index contributed by atoms with van der Waals surface area (Å²) >= 11 is 3.40. The van der Waals surface area contributed by atoms with Crippen molar-refractivity contribution in [3.05, 3.63) is 64.1 Å². The van der Waals surface area contributed by atoms with E-state index in [0.717, 1.165) is 22.9 Å². The number of nitrogens with one attached hydrogen (secondary N) is 1. The lowest BCUT2D eigenvalue weighted by Crippen LogP contribution is -2.28. The number of carbonyl (C=O) groups is 1. The van der Waals surface area contributed by atoms with Crippen LogP contribution in [0.5, 0.6) is 0 Å². The standard InChI is InChI=1S/C18H18BrN3O3S/c19-17-9-2-1-6-15(17)13-20-21-18(23)14-7-5-8-16(12-14)26(24,25)22-10-3-4-11-22/h1-2,5-9,12-13H,3-4,10-11H2,(H,21,23). The average molecular weight is 436 g/mol. The van der Waals surface area contributed by atoms with Crippen LogP contribution in [-0.2, 0) is 10.0 Å². The van der Waals surface area contributed by atoms with Crippen LogP contribution in [0.2, 0.25) is 0 Å². The van der Waals surface area contributed by atoms with Gasteiger partial charge in [-0.2, -0.15) is 9.41 Å². The van der Waals surface area contributed by atoms with Crippen molar-refractivity contribution in [1.82, 2.24) is 9.73 Å². The minimum atomic E-state index is -3.56. The Morgan fingerprint density at radius 2 is 1.85 bits per heavy atom. The van der Waals surface area contributed by atoms with Gasteiger partial charge < -0.3 is 0 Å². The molecule has 1 fully saturated rings. The molecule has 0 radical (unpaired) electrons. The molecule has 136 valence electrons. The predicted octanol–water partition coefficient (Wildman–Crippen LogP) is 3.00. The Balaban J connectivity index is 1.73. The Morgan fingerprint density at radius 3 is 2.58 bits per heavy atom. The number of nitrogens with zero attached hydrogens (tertiary/aromatic N) is 2. The molecule has 0 aliphatic carbocycles. The molecule has 2 aromatic rings. The van der Waals surface area contributed by atoms with Gasteiger partial charge in [0.1, 0.15) is 0 Å². The van der Waals surface area contributed by atoms with Crippen molar-refractivity contribution in [2.75, 3.05) is 13.1 Å². The van der Waals surface area contributed by atoms with E-state index in [2.05, 4.69) is 26.5 Å². The van der Waals surface area contributed by atoms with Gasteiger partial charge in [0.2, 0.25) is 10.0 Å². The van der Waals surface area contributed by atoms with Gasteiger partial charge in [-0.3, -0.25) is 4.79 Å². The summed E-state index contributed by atoms with van der Waals surface area (Å²) in [5.41, 5.74) is 3.49. The highest BCUT2D eigenvalue weighted by Crippen LogP contribution is 2.21. The van der Waals surface area contributed by atoms with E-state index in [1.807, 2.05) is 24.3 Å². The number of hydrazone groups is 1. The maximum atomic E-state index is 12.6. The van der Waals surface area contributed by atoms with Gasteiger partial charge in [0.25, 0.3) is 5.91 Å². The van der Waals surface area contributed by atoms with Gasteiger partial charge in [0.05, 0.1) is 11.1 Å². The Labute approximate surface area is 161 Å². The minimum absolute atomic E-state index is 0.127. The zero-order chi connectivity index (χ0) is 18.6. The summed E-state index contributed by atoms with van der Waals surface area (Å²) < 4.78 is 27.5. The molecule has 1 aliphatic heterocycles. The van der Waals surface area contributed by atoms with E-state index >= 15 is 0 Å². The Hall–Kier alpha value is -2.03. The van der Waals surface area contributed by atoms with Crippen LogP contribution in [0.1, 0.15) is 28.8 Å². The van der Waals surface area contributed by atoms with Crippen molar-refractivity contribution in [2.24, 2.45) is 5.10 Å². The Kier molecular flexibility index (Phi) is 5.85. The summed E-state index contributed by atoms with van der Waals surface area (Å²) in [4.78, 5) is 12.4. The lowest BCUT2D eigenvalue weighted by molar-refractivity contribution is 0.0955. The average Bonchev–Trinajstić information content (AvgIpc) is 3.19. The van der Waals surface area contributed by atoms with Crippen LogP contribution in [0.3, 0.4) is 0 Å². The van der Waals surface area contributed by atoms with Crippen LogP contribution in [0.4, 0.5) is 0 Å². The summed E-state index contributed by atoms with van der Waals surface area (Å²) in [5, 5.41) is 3.93. The fourth-order valence-corrected chi connectivity index (χ4v) is 4.63. The zero-order valence-corrected chi connectivity index (χ0v) is 16.3. The molecule has 0 unspecified atom stereocenters.